The predicted molar refractivity (Wildman–Crippen MR) is 152 cm³/mol. The molecule has 1 aliphatic carbocycles. The van der Waals surface area contributed by atoms with Crippen molar-refractivity contribution < 1.29 is 19.1 Å². The molecule has 1 aromatic rings. The molecule has 208 valence electrons. The number of hydrogen-bond donors (Lipinski definition) is 2. The number of aryl methyl sites for hydroxylation is 2. The molecule has 1 aliphatic rings. The van der Waals surface area contributed by atoms with Gasteiger partial charge in [0.2, 0.25) is 11.8 Å². The fourth-order valence-corrected chi connectivity index (χ4v) is 5.41. The van der Waals surface area contributed by atoms with Crippen LogP contribution in [0.4, 0.5) is 4.79 Å². The van der Waals surface area contributed by atoms with Crippen LogP contribution in [0.3, 0.4) is 0 Å². The van der Waals surface area contributed by atoms with Gasteiger partial charge in [0.25, 0.3) is 0 Å². The first-order chi connectivity index (χ1) is 17.3. The van der Waals surface area contributed by atoms with Gasteiger partial charge in [-0.2, -0.15) is 11.8 Å². The van der Waals surface area contributed by atoms with Gasteiger partial charge in [0.05, 0.1) is 0 Å². The Morgan fingerprint density at radius 2 is 1.65 bits per heavy atom. The van der Waals surface area contributed by atoms with Crippen molar-refractivity contribution in [3.8, 4) is 0 Å². The lowest BCUT2D eigenvalue weighted by Crippen LogP contribution is -2.56. The maximum atomic E-state index is 14.1. The molecule has 1 aromatic carbocycles. The Labute approximate surface area is 227 Å². The Morgan fingerprint density at radius 1 is 1.05 bits per heavy atom. The van der Waals surface area contributed by atoms with Crippen molar-refractivity contribution in [2.75, 3.05) is 12.0 Å². The van der Waals surface area contributed by atoms with Gasteiger partial charge in [-0.05, 0) is 85.3 Å². The van der Waals surface area contributed by atoms with E-state index in [0.717, 1.165) is 42.4 Å². The van der Waals surface area contributed by atoms with Gasteiger partial charge in [0.15, 0.2) is 0 Å². The predicted octanol–water partition coefficient (Wildman–Crippen LogP) is 5.68. The SMILES string of the molecule is CSCCC(NC(=O)OC(C)(C)C)C(=O)N(C(C)C)C(C(=O)NC1CCCCC1)c1cc(C)cc(C)c1. The van der Waals surface area contributed by atoms with Crippen LogP contribution in [0.1, 0.15) is 95.9 Å². The molecule has 0 saturated heterocycles. The van der Waals surface area contributed by atoms with E-state index in [9.17, 15) is 14.4 Å². The highest BCUT2D eigenvalue weighted by Crippen LogP contribution is 2.28. The highest BCUT2D eigenvalue weighted by molar-refractivity contribution is 7.98. The molecule has 2 N–H and O–H groups in total. The van der Waals surface area contributed by atoms with Crippen molar-refractivity contribution >= 4 is 29.7 Å². The number of carbonyl (C=O) groups is 3. The van der Waals surface area contributed by atoms with Crippen molar-refractivity contribution in [1.29, 1.82) is 0 Å². The lowest BCUT2D eigenvalue weighted by Gasteiger charge is -2.38. The van der Waals surface area contributed by atoms with Crippen LogP contribution < -0.4 is 10.6 Å². The lowest BCUT2D eigenvalue weighted by atomic mass is 9.93. The van der Waals surface area contributed by atoms with Crippen molar-refractivity contribution in [1.82, 2.24) is 15.5 Å². The van der Waals surface area contributed by atoms with E-state index >= 15 is 0 Å². The molecule has 0 heterocycles. The average molecular weight is 534 g/mol. The molecule has 2 unspecified atom stereocenters. The third kappa shape index (κ3) is 9.87. The van der Waals surface area contributed by atoms with E-state index < -0.39 is 23.8 Å². The number of hydrogen-bond acceptors (Lipinski definition) is 5. The molecule has 0 radical (unpaired) electrons. The highest BCUT2D eigenvalue weighted by atomic mass is 32.2. The first kappa shape index (κ1) is 31.0. The van der Waals surface area contributed by atoms with Crippen molar-refractivity contribution in [2.45, 2.75) is 117 Å². The summed E-state index contributed by atoms with van der Waals surface area (Å²) in [6, 6.07) is 4.27. The molecular formula is C29H47N3O4S. The van der Waals surface area contributed by atoms with E-state index in [1.165, 1.54) is 6.42 Å². The fourth-order valence-electron chi connectivity index (χ4n) is 4.94. The standard InChI is InChI=1S/C29H47N3O4S/c1-19(2)32(27(34)24(14-15-37-8)31-28(35)36-29(5,6)7)25(22-17-20(3)16-21(4)18-22)26(33)30-23-12-10-9-11-13-23/h16-19,23-25H,9-15H2,1-8H3,(H,30,33)(H,31,35). The van der Waals surface area contributed by atoms with E-state index in [1.54, 1.807) is 37.4 Å². The summed E-state index contributed by atoms with van der Waals surface area (Å²) < 4.78 is 5.46. The van der Waals surface area contributed by atoms with Crippen molar-refractivity contribution in [2.24, 2.45) is 0 Å². The van der Waals surface area contributed by atoms with Gasteiger partial charge in [-0.25, -0.2) is 4.79 Å². The summed E-state index contributed by atoms with van der Waals surface area (Å²) in [5.74, 6) is 0.235. The minimum Gasteiger partial charge on any atom is -0.444 e. The molecule has 0 bridgehead atoms. The molecule has 1 saturated carbocycles. The summed E-state index contributed by atoms with van der Waals surface area (Å²) in [5, 5.41) is 6.05. The second-order valence-electron chi connectivity index (χ2n) is 11.5. The number of carbonyl (C=O) groups excluding carboxylic acids is 3. The first-order valence-electron chi connectivity index (χ1n) is 13.5. The van der Waals surface area contributed by atoms with Gasteiger partial charge in [0.1, 0.15) is 17.7 Å². The third-order valence-electron chi connectivity index (χ3n) is 6.45. The molecule has 37 heavy (non-hydrogen) atoms. The van der Waals surface area contributed by atoms with Gasteiger partial charge in [-0.15, -0.1) is 0 Å². The minimum absolute atomic E-state index is 0.117. The van der Waals surface area contributed by atoms with Gasteiger partial charge in [-0.1, -0.05) is 48.6 Å². The zero-order valence-electron chi connectivity index (χ0n) is 24.0. The summed E-state index contributed by atoms with van der Waals surface area (Å²) in [5.41, 5.74) is 2.17. The van der Waals surface area contributed by atoms with E-state index in [4.69, 9.17) is 4.74 Å². The Bertz CT molecular complexity index is 902. The summed E-state index contributed by atoms with van der Waals surface area (Å²) in [6.45, 7) is 13.2. The zero-order chi connectivity index (χ0) is 27.8. The third-order valence-corrected chi connectivity index (χ3v) is 7.09. The van der Waals surface area contributed by atoms with Crippen LogP contribution in [-0.2, 0) is 14.3 Å². The second-order valence-corrected chi connectivity index (χ2v) is 12.5. The second kappa shape index (κ2) is 14.1. The van der Waals surface area contributed by atoms with Crippen LogP contribution in [0.2, 0.25) is 0 Å². The highest BCUT2D eigenvalue weighted by Gasteiger charge is 2.38. The van der Waals surface area contributed by atoms with Gasteiger partial charge in [0, 0.05) is 12.1 Å². The Kier molecular flexibility index (Phi) is 11.8. The zero-order valence-corrected chi connectivity index (χ0v) is 24.8. The number of nitrogens with zero attached hydrogens (tertiary/aromatic N) is 1. The molecule has 2 atom stereocenters. The number of ether oxygens (including phenoxy) is 1. The number of amides is 3. The molecule has 0 spiro atoms. The fraction of sp³-hybridized carbons (Fsp3) is 0.690. The van der Waals surface area contributed by atoms with Crippen LogP contribution in [0.25, 0.3) is 0 Å². The van der Waals surface area contributed by atoms with Crippen LogP contribution in [0.15, 0.2) is 18.2 Å². The Morgan fingerprint density at radius 3 is 2.16 bits per heavy atom. The summed E-state index contributed by atoms with van der Waals surface area (Å²) in [6.07, 6.45) is 7.07. The summed E-state index contributed by atoms with van der Waals surface area (Å²) in [4.78, 5) is 42.4. The smallest absolute Gasteiger partial charge is 0.408 e. The topological polar surface area (TPSA) is 87.7 Å². The number of benzene rings is 1. The largest absolute Gasteiger partial charge is 0.444 e. The minimum atomic E-state index is -0.805. The van der Waals surface area contributed by atoms with Crippen LogP contribution in [0.5, 0.6) is 0 Å². The molecule has 8 heteroatoms. The normalized spacial score (nSPS) is 16.1. The number of thioether (sulfide) groups is 1. The molecule has 1 fully saturated rings. The van der Waals surface area contributed by atoms with Crippen molar-refractivity contribution in [3.05, 3.63) is 34.9 Å². The van der Waals surface area contributed by atoms with Crippen LogP contribution in [-0.4, -0.2) is 58.5 Å². The number of nitrogens with one attached hydrogen (secondary N) is 2. The Balaban J connectivity index is 2.46. The quantitative estimate of drug-likeness (QED) is 0.404. The van der Waals surface area contributed by atoms with E-state index in [2.05, 4.69) is 16.7 Å². The van der Waals surface area contributed by atoms with E-state index in [1.807, 2.05) is 46.1 Å². The molecule has 7 nitrogen and oxygen atoms in total. The van der Waals surface area contributed by atoms with E-state index in [0.29, 0.717) is 12.2 Å². The van der Waals surface area contributed by atoms with Gasteiger partial charge >= 0.3 is 6.09 Å². The molecule has 0 aliphatic heterocycles. The van der Waals surface area contributed by atoms with Crippen LogP contribution >= 0.6 is 11.8 Å². The number of alkyl carbamates (subject to hydrolysis) is 1. The van der Waals surface area contributed by atoms with Crippen LogP contribution in [0, 0.1) is 13.8 Å². The van der Waals surface area contributed by atoms with E-state index in [-0.39, 0.29) is 23.9 Å². The van der Waals surface area contributed by atoms with Gasteiger partial charge in [-0.3, -0.25) is 9.59 Å². The van der Waals surface area contributed by atoms with Gasteiger partial charge < -0.3 is 20.3 Å². The Hall–Kier alpha value is -2.22. The van der Waals surface area contributed by atoms with Crippen molar-refractivity contribution in [3.63, 3.8) is 0 Å². The molecule has 3 amide bonds. The maximum Gasteiger partial charge on any atom is 0.408 e. The molecular weight excluding hydrogens is 486 g/mol. The molecule has 0 aromatic heterocycles. The summed E-state index contributed by atoms with van der Waals surface area (Å²) >= 11 is 1.60. The maximum absolute atomic E-state index is 14.1. The average Bonchev–Trinajstić information content (AvgIpc) is 2.78. The summed E-state index contributed by atoms with van der Waals surface area (Å²) in [7, 11) is 0. The lowest BCUT2D eigenvalue weighted by molar-refractivity contribution is -0.145. The molecule has 2 rings (SSSR count). The number of rotatable bonds is 10. The monoisotopic (exact) mass is 533 g/mol. The first-order valence-corrected chi connectivity index (χ1v) is 14.9.